The molecule has 0 spiro atoms. The van der Waals surface area contributed by atoms with Crippen molar-refractivity contribution in [2.45, 2.75) is 18.6 Å². The summed E-state index contributed by atoms with van der Waals surface area (Å²) in [7, 11) is 1.59. The van der Waals surface area contributed by atoms with Crippen LogP contribution in [0.15, 0.2) is 16.6 Å². The van der Waals surface area contributed by atoms with Crippen molar-refractivity contribution in [2.24, 2.45) is 0 Å². The lowest BCUT2D eigenvalue weighted by atomic mass is 10.0. The number of carbonyl (C=O) groups excluding carboxylic acids is 1. The molecule has 1 fully saturated rings. The van der Waals surface area contributed by atoms with Crippen LogP contribution in [0.4, 0.5) is 4.39 Å². The summed E-state index contributed by atoms with van der Waals surface area (Å²) in [5.41, 5.74) is 0.0115. The molecule has 1 N–H and O–H groups in total. The van der Waals surface area contributed by atoms with Gasteiger partial charge in [-0.1, -0.05) is 11.6 Å². The molecule has 1 saturated heterocycles. The Morgan fingerprint density at radius 1 is 1.61 bits per heavy atom. The van der Waals surface area contributed by atoms with Crippen molar-refractivity contribution in [3.63, 3.8) is 0 Å². The summed E-state index contributed by atoms with van der Waals surface area (Å²) in [4.78, 5) is 12.2. The first kappa shape index (κ1) is 13.9. The van der Waals surface area contributed by atoms with Crippen LogP contribution in [0.3, 0.4) is 0 Å². The average molecular weight is 337 g/mol. The lowest BCUT2D eigenvalue weighted by Gasteiger charge is -2.11. The minimum atomic E-state index is -0.682. The molecule has 0 amide bonds. The van der Waals surface area contributed by atoms with Gasteiger partial charge < -0.3 is 10.1 Å². The first-order chi connectivity index (χ1) is 8.54. The molecule has 0 saturated carbocycles. The van der Waals surface area contributed by atoms with Crippen molar-refractivity contribution >= 4 is 33.3 Å². The number of methoxy groups -OCH3 is 1. The number of Topliss-reactive ketones (excluding diaryl/α,β-unsaturated/α-hetero) is 1. The van der Waals surface area contributed by atoms with Crippen LogP contribution in [-0.4, -0.2) is 31.6 Å². The average Bonchev–Trinajstić information content (AvgIpc) is 2.84. The van der Waals surface area contributed by atoms with E-state index in [1.807, 2.05) is 0 Å². The van der Waals surface area contributed by atoms with E-state index in [2.05, 4.69) is 21.2 Å². The number of ether oxygens (including phenoxy) is 1. The molecular formula is C12H12BrClFNO2. The first-order valence-corrected chi connectivity index (χ1v) is 6.65. The van der Waals surface area contributed by atoms with E-state index in [0.717, 1.165) is 0 Å². The Morgan fingerprint density at radius 2 is 2.33 bits per heavy atom. The van der Waals surface area contributed by atoms with Gasteiger partial charge in [-0.25, -0.2) is 4.39 Å². The second kappa shape index (κ2) is 5.65. The van der Waals surface area contributed by atoms with E-state index in [1.54, 1.807) is 13.2 Å². The molecule has 1 aliphatic heterocycles. The van der Waals surface area contributed by atoms with Crippen LogP contribution >= 0.6 is 27.5 Å². The number of benzene rings is 1. The van der Waals surface area contributed by atoms with E-state index in [9.17, 15) is 9.18 Å². The summed E-state index contributed by atoms with van der Waals surface area (Å²) in [6, 6.07) is 2.60. The summed E-state index contributed by atoms with van der Waals surface area (Å²) in [5, 5.41) is 2.95. The quantitative estimate of drug-likeness (QED) is 0.681. The lowest BCUT2D eigenvalue weighted by molar-refractivity contribution is 0.0915. The van der Waals surface area contributed by atoms with Gasteiger partial charge in [-0.3, -0.25) is 4.79 Å². The lowest BCUT2D eigenvalue weighted by Crippen LogP contribution is -2.31. The van der Waals surface area contributed by atoms with E-state index in [-0.39, 0.29) is 22.5 Å². The molecule has 18 heavy (non-hydrogen) atoms. The summed E-state index contributed by atoms with van der Waals surface area (Å²) in [6.45, 7) is 0.596. The van der Waals surface area contributed by atoms with Gasteiger partial charge in [0.05, 0.1) is 22.7 Å². The number of ketones is 1. The van der Waals surface area contributed by atoms with Crippen molar-refractivity contribution in [3.8, 4) is 0 Å². The normalized spacial score (nSPS) is 23.3. The van der Waals surface area contributed by atoms with Crippen LogP contribution < -0.4 is 5.32 Å². The molecule has 2 unspecified atom stereocenters. The number of nitrogens with one attached hydrogen (secondary N) is 1. The Kier molecular flexibility index (Phi) is 4.37. The van der Waals surface area contributed by atoms with Crippen molar-refractivity contribution in [1.29, 1.82) is 0 Å². The van der Waals surface area contributed by atoms with E-state index in [1.165, 1.54) is 6.07 Å². The van der Waals surface area contributed by atoms with Crippen LogP contribution in [0.5, 0.6) is 0 Å². The largest absolute Gasteiger partial charge is 0.380 e. The highest BCUT2D eigenvalue weighted by Crippen LogP contribution is 2.29. The smallest absolute Gasteiger partial charge is 0.182 e. The molecule has 98 valence electrons. The van der Waals surface area contributed by atoms with Crippen LogP contribution in [0.25, 0.3) is 0 Å². The van der Waals surface area contributed by atoms with Crippen molar-refractivity contribution in [3.05, 3.63) is 33.0 Å². The maximum absolute atomic E-state index is 13.9. The Morgan fingerprint density at radius 3 is 2.94 bits per heavy atom. The van der Waals surface area contributed by atoms with Crippen LogP contribution in [0.1, 0.15) is 16.8 Å². The van der Waals surface area contributed by atoms with Gasteiger partial charge in [-0.15, -0.1) is 0 Å². The summed E-state index contributed by atoms with van der Waals surface area (Å²) >= 11 is 8.89. The zero-order valence-electron chi connectivity index (χ0n) is 9.67. The first-order valence-electron chi connectivity index (χ1n) is 5.48. The van der Waals surface area contributed by atoms with Gasteiger partial charge in [0, 0.05) is 18.1 Å². The molecule has 1 aromatic carbocycles. The Labute approximate surface area is 118 Å². The monoisotopic (exact) mass is 335 g/mol. The van der Waals surface area contributed by atoms with Gasteiger partial charge in [0.25, 0.3) is 0 Å². The van der Waals surface area contributed by atoms with Crippen molar-refractivity contribution in [2.75, 3.05) is 13.7 Å². The zero-order valence-corrected chi connectivity index (χ0v) is 12.0. The van der Waals surface area contributed by atoms with Gasteiger partial charge in [-0.2, -0.15) is 0 Å². The molecule has 6 heteroatoms. The van der Waals surface area contributed by atoms with Gasteiger partial charge in [-0.05, 0) is 34.5 Å². The van der Waals surface area contributed by atoms with Gasteiger partial charge in [0.1, 0.15) is 0 Å². The molecule has 0 radical (unpaired) electrons. The minimum Gasteiger partial charge on any atom is -0.380 e. The topological polar surface area (TPSA) is 38.3 Å². The fraction of sp³-hybridized carbons (Fsp3) is 0.417. The summed E-state index contributed by atoms with van der Waals surface area (Å²) in [5.74, 6) is -0.972. The Bertz CT molecular complexity index is 483. The standard InChI is InChI=1S/C12H12BrClFNO2/c1-18-6-4-9(16-5-6)12(17)7-2-3-8(13)10(14)11(7)15/h2-3,6,9,16H,4-5H2,1H3. The molecular weight excluding hydrogens is 324 g/mol. The predicted octanol–water partition coefficient (Wildman–Crippen LogP) is 2.80. The predicted molar refractivity (Wildman–Crippen MR) is 70.6 cm³/mol. The third kappa shape index (κ3) is 2.59. The molecule has 1 heterocycles. The molecule has 0 aliphatic carbocycles. The fourth-order valence-corrected chi connectivity index (χ4v) is 2.46. The second-order valence-corrected chi connectivity index (χ2v) is 5.37. The fourth-order valence-electron chi connectivity index (χ4n) is 1.99. The van der Waals surface area contributed by atoms with Gasteiger partial charge in [0.15, 0.2) is 11.6 Å². The van der Waals surface area contributed by atoms with E-state index in [0.29, 0.717) is 17.4 Å². The van der Waals surface area contributed by atoms with Crippen molar-refractivity contribution < 1.29 is 13.9 Å². The number of hydrogen-bond acceptors (Lipinski definition) is 3. The molecule has 1 aliphatic rings. The number of hydrogen-bond donors (Lipinski definition) is 1. The van der Waals surface area contributed by atoms with E-state index < -0.39 is 11.9 Å². The molecule has 3 nitrogen and oxygen atoms in total. The maximum atomic E-state index is 13.9. The highest BCUT2D eigenvalue weighted by molar-refractivity contribution is 9.10. The maximum Gasteiger partial charge on any atom is 0.182 e. The van der Waals surface area contributed by atoms with Crippen LogP contribution in [0.2, 0.25) is 5.02 Å². The third-order valence-corrected chi connectivity index (χ3v) is 4.30. The Hall–Kier alpha value is -0.490. The van der Waals surface area contributed by atoms with Gasteiger partial charge >= 0.3 is 0 Å². The molecule has 0 aromatic heterocycles. The summed E-state index contributed by atoms with van der Waals surface area (Å²) < 4.78 is 19.5. The number of carbonyl (C=O) groups is 1. The van der Waals surface area contributed by atoms with Crippen LogP contribution in [0, 0.1) is 5.82 Å². The van der Waals surface area contributed by atoms with Crippen molar-refractivity contribution in [1.82, 2.24) is 5.32 Å². The van der Waals surface area contributed by atoms with E-state index in [4.69, 9.17) is 16.3 Å². The van der Waals surface area contributed by atoms with Crippen LogP contribution in [-0.2, 0) is 4.74 Å². The third-order valence-electron chi connectivity index (χ3n) is 3.04. The van der Waals surface area contributed by atoms with Gasteiger partial charge in [0.2, 0.25) is 0 Å². The minimum absolute atomic E-state index is 0.00654. The second-order valence-electron chi connectivity index (χ2n) is 4.14. The SMILES string of the molecule is COC1CNC(C(=O)c2ccc(Br)c(Cl)c2F)C1. The Balaban J connectivity index is 2.22. The number of rotatable bonds is 3. The molecule has 1 aromatic rings. The molecule has 0 bridgehead atoms. The summed E-state index contributed by atoms with van der Waals surface area (Å²) in [6.07, 6.45) is 0.538. The zero-order chi connectivity index (χ0) is 13.3. The highest BCUT2D eigenvalue weighted by Gasteiger charge is 2.31. The van der Waals surface area contributed by atoms with E-state index >= 15 is 0 Å². The molecule has 2 rings (SSSR count). The molecule has 2 atom stereocenters. The number of halogens is 3. The highest BCUT2D eigenvalue weighted by atomic mass is 79.9.